The molecule has 3 rings (SSSR count). The highest BCUT2D eigenvalue weighted by molar-refractivity contribution is 5.45. The van der Waals surface area contributed by atoms with Crippen molar-refractivity contribution >= 4 is 0 Å². The van der Waals surface area contributed by atoms with Crippen LogP contribution in [0.3, 0.4) is 0 Å². The predicted molar refractivity (Wildman–Crippen MR) is 109 cm³/mol. The first-order valence-corrected chi connectivity index (χ1v) is 9.42. The number of hydrogen-bond donors (Lipinski definition) is 2. The van der Waals surface area contributed by atoms with Gasteiger partial charge < -0.3 is 14.9 Å². The largest absolute Gasteiger partial charge is 0.508 e. The second kappa shape index (κ2) is 8.63. The fourth-order valence-corrected chi connectivity index (χ4v) is 3.18. The van der Waals surface area contributed by atoms with Crippen LogP contribution in [0.4, 0.5) is 0 Å². The van der Waals surface area contributed by atoms with E-state index in [0.717, 1.165) is 24.8 Å². The Kier molecular flexibility index (Phi) is 6.02. The minimum absolute atomic E-state index is 0.152. The Hall–Kier alpha value is -2.94. The molecule has 3 aromatic carbocycles. The zero-order chi connectivity index (χ0) is 19.2. The molecule has 1 atom stereocenters. The number of hydrogen-bond acceptors (Lipinski definition) is 3. The monoisotopic (exact) mass is 362 g/mol. The van der Waals surface area contributed by atoms with Crippen LogP contribution < -0.4 is 4.74 Å². The van der Waals surface area contributed by atoms with Crippen LogP contribution in [-0.2, 0) is 12.8 Å². The summed E-state index contributed by atoms with van der Waals surface area (Å²) in [4.78, 5) is 0. The molecule has 2 N–H and O–H groups in total. The summed E-state index contributed by atoms with van der Waals surface area (Å²) < 4.78 is 5.88. The van der Waals surface area contributed by atoms with Crippen molar-refractivity contribution in [2.45, 2.75) is 39.0 Å². The minimum atomic E-state index is 0.152. The van der Waals surface area contributed by atoms with E-state index in [1.165, 1.54) is 11.1 Å². The lowest BCUT2D eigenvalue weighted by Gasteiger charge is -2.14. The van der Waals surface area contributed by atoms with E-state index >= 15 is 0 Å². The Morgan fingerprint density at radius 1 is 0.852 bits per heavy atom. The highest BCUT2D eigenvalue weighted by Gasteiger charge is 2.09. The number of aryl methyl sites for hydroxylation is 1. The van der Waals surface area contributed by atoms with Gasteiger partial charge in [-0.1, -0.05) is 50.6 Å². The van der Waals surface area contributed by atoms with Crippen LogP contribution in [0.1, 0.15) is 42.9 Å². The maximum atomic E-state index is 10.0. The van der Waals surface area contributed by atoms with Gasteiger partial charge in [0.15, 0.2) is 11.5 Å². The third kappa shape index (κ3) is 5.04. The number of phenolic OH excluding ortho intramolecular Hbond substituents is 2. The molecule has 0 saturated carbocycles. The second-order valence-electron chi connectivity index (χ2n) is 6.99. The number of phenols is 2. The van der Waals surface area contributed by atoms with Gasteiger partial charge in [0.2, 0.25) is 0 Å². The minimum Gasteiger partial charge on any atom is -0.508 e. The quantitative estimate of drug-likeness (QED) is 0.527. The smallest absolute Gasteiger partial charge is 0.169 e. The molecule has 0 aliphatic rings. The van der Waals surface area contributed by atoms with Crippen molar-refractivity contribution < 1.29 is 14.9 Å². The molecular weight excluding hydrogens is 336 g/mol. The lowest BCUT2D eigenvalue weighted by atomic mass is 9.94. The molecule has 0 radical (unpaired) electrons. The predicted octanol–water partition coefficient (Wildman–Crippen LogP) is 6.19. The van der Waals surface area contributed by atoms with Crippen LogP contribution in [0.25, 0.3) is 0 Å². The summed E-state index contributed by atoms with van der Waals surface area (Å²) >= 11 is 0. The lowest BCUT2D eigenvalue weighted by molar-refractivity contribution is 0.410. The molecule has 27 heavy (non-hydrogen) atoms. The van der Waals surface area contributed by atoms with E-state index in [1.807, 2.05) is 36.4 Å². The van der Waals surface area contributed by atoms with Crippen molar-refractivity contribution in [3.8, 4) is 23.0 Å². The van der Waals surface area contributed by atoms with Crippen LogP contribution in [-0.4, -0.2) is 10.2 Å². The van der Waals surface area contributed by atoms with E-state index in [4.69, 9.17) is 4.74 Å². The fraction of sp³-hybridized carbons (Fsp3) is 0.250. The van der Waals surface area contributed by atoms with E-state index in [9.17, 15) is 10.2 Å². The fourth-order valence-electron chi connectivity index (χ4n) is 3.18. The molecule has 3 nitrogen and oxygen atoms in total. The van der Waals surface area contributed by atoms with E-state index in [1.54, 1.807) is 18.2 Å². The Labute approximate surface area is 160 Å². The number of benzene rings is 3. The molecular formula is C24H26O3. The molecule has 3 aromatic rings. The molecule has 0 heterocycles. The molecule has 140 valence electrons. The normalized spacial score (nSPS) is 11.9. The Bertz CT molecular complexity index is 867. The van der Waals surface area contributed by atoms with Crippen molar-refractivity contribution in [2.24, 2.45) is 0 Å². The first kappa shape index (κ1) is 18.8. The Balaban J connectivity index is 1.68. The third-order valence-corrected chi connectivity index (χ3v) is 4.72. The van der Waals surface area contributed by atoms with Crippen molar-refractivity contribution in [1.82, 2.24) is 0 Å². The SMILES string of the molecule is CCCc1ccc(O)c(Oc2ccc(C(C)Cc3ccc(O)cc3)cc2)c1. The van der Waals surface area contributed by atoms with Gasteiger partial charge in [-0.3, -0.25) is 0 Å². The second-order valence-corrected chi connectivity index (χ2v) is 6.99. The van der Waals surface area contributed by atoms with Gasteiger partial charge in [0.05, 0.1) is 0 Å². The third-order valence-electron chi connectivity index (χ3n) is 4.72. The maximum absolute atomic E-state index is 10.0. The Morgan fingerprint density at radius 2 is 1.52 bits per heavy atom. The molecule has 0 aliphatic carbocycles. The van der Waals surface area contributed by atoms with Crippen molar-refractivity contribution in [1.29, 1.82) is 0 Å². The summed E-state index contributed by atoms with van der Waals surface area (Å²) in [5.41, 5.74) is 3.57. The average molecular weight is 362 g/mol. The topological polar surface area (TPSA) is 49.7 Å². The van der Waals surface area contributed by atoms with Crippen LogP contribution in [0.2, 0.25) is 0 Å². The zero-order valence-corrected chi connectivity index (χ0v) is 15.9. The molecule has 3 heteroatoms. The first-order chi connectivity index (χ1) is 13.0. The summed E-state index contributed by atoms with van der Waals surface area (Å²) in [5, 5.41) is 19.4. The van der Waals surface area contributed by atoms with E-state index in [-0.39, 0.29) is 5.75 Å². The highest BCUT2D eigenvalue weighted by atomic mass is 16.5. The standard InChI is InChI=1S/C24H26O3/c1-3-4-18-7-14-23(26)24(16-18)27-22-12-8-20(9-13-22)17(2)15-19-5-10-21(25)11-6-19/h5-14,16-17,25-26H,3-4,15H2,1-2H3. The number of rotatable bonds is 7. The maximum Gasteiger partial charge on any atom is 0.169 e. The molecule has 0 spiro atoms. The van der Waals surface area contributed by atoms with Crippen molar-refractivity contribution in [2.75, 3.05) is 0 Å². The molecule has 0 fully saturated rings. The molecule has 0 bridgehead atoms. The lowest BCUT2D eigenvalue weighted by Crippen LogP contribution is -1.98. The molecule has 0 aromatic heterocycles. The van der Waals surface area contributed by atoms with E-state index in [2.05, 4.69) is 26.0 Å². The van der Waals surface area contributed by atoms with Crippen LogP contribution in [0, 0.1) is 0 Å². The van der Waals surface area contributed by atoms with Crippen LogP contribution >= 0.6 is 0 Å². The number of ether oxygens (including phenoxy) is 1. The van der Waals surface area contributed by atoms with Gasteiger partial charge in [-0.25, -0.2) is 0 Å². The van der Waals surface area contributed by atoms with Gasteiger partial charge in [-0.15, -0.1) is 0 Å². The highest BCUT2D eigenvalue weighted by Crippen LogP contribution is 2.33. The zero-order valence-electron chi connectivity index (χ0n) is 15.9. The molecule has 0 amide bonds. The van der Waals surface area contributed by atoms with Gasteiger partial charge in [0, 0.05) is 0 Å². The van der Waals surface area contributed by atoms with Gasteiger partial charge >= 0.3 is 0 Å². The van der Waals surface area contributed by atoms with Crippen LogP contribution in [0.5, 0.6) is 23.0 Å². The number of aromatic hydroxyl groups is 2. The van der Waals surface area contributed by atoms with Crippen molar-refractivity contribution in [3.63, 3.8) is 0 Å². The summed E-state index contributed by atoms with van der Waals surface area (Å²) in [6.45, 7) is 4.31. The Morgan fingerprint density at radius 3 is 2.19 bits per heavy atom. The van der Waals surface area contributed by atoms with Gasteiger partial charge in [-0.2, -0.15) is 0 Å². The van der Waals surface area contributed by atoms with Gasteiger partial charge in [0.25, 0.3) is 0 Å². The van der Waals surface area contributed by atoms with E-state index < -0.39 is 0 Å². The summed E-state index contributed by atoms with van der Waals surface area (Å²) in [6.07, 6.45) is 2.92. The summed E-state index contributed by atoms with van der Waals surface area (Å²) in [7, 11) is 0. The summed E-state index contributed by atoms with van der Waals surface area (Å²) in [5.74, 6) is 1.99. The van der Waals surface area contributed by atoms with Crippen molar-refractivity contribution in [3.05, 3.63) is 83.4 Å². The van der Waals surface area contributed by atoms with Gasteiger partial charge in [0.1, 0.15) is 11.5 Å². The molecule has 1 unspecified atom stereocenters. The molecule has 0 saturated heterocycles. The summed E-state index contributed by atoms with van der Waals surface area (Å²) in [6, 6.07) is 20.9. The first-order valence-electron chi connectivity index (χ1n) is 9.42. The molecule has 0 aliphatic heterocycles. The van der Waals surface area contributed by atoms with Crippen LogP contribution in [0.15, 0.2) is 66.7 Å². The van der Waals surface area contributed by atoms with E-state index in [0.29, 0.717) is 23.2 Å². The van der Waals surface area contributed by atoms with Gasteiger partial charge in [-0.05, 0) is 71.8 Å². The average Bonchev–Trinajstić information content (AvgIpc) is 2.67.